The number of sulfonamides is 1. The molecule has 0 radical (unpaired) electrons. The van der Waals surface area contributed by atoms with Gasteiger partial charge in [0.05, 0.1) is 9.82 Å². The van der Waals surface area contributed by atoms with Gasteiger partial charge in [-0.2, -0.15) is 4.31 Å². The van der Waals surface area contributed by atoms with E-state index in [-0.39, 0.29) is 35.5 Å². The number of nitrogens with zero attached hydrogens (tertiary/aromatic N) is 2. The third kappa shape index (κ3) is 4.34. The van der Waals surface area contributed by atoms with E-state index < -0.39 is 20.8 Å². The maximum atomic E-state index is 13.0. The van der Waals surface area contributed by atoms with E-state index in [1.165, 1.54) is 40.7 Å². The van der Waals surface area contributed by atoms with E-state index in [0.717, 1.165) is 12.1 Å². The van der Waals surface area contributed by atoms with E-state index in [1.54, 1.807) is 0 Å². The molecule has 3 rings (SSSR count). The molecule has 8 nitrogen and oxygen atoms in total. The Morgan fingerprint density at radius 2 is 1.64 bits per heavy atom. The Labute approximate surface area is 161 Å². The molecule has 10 heteroatoms. The highest BCUT2D eigenvalue weighted by Gasteiger charge is 2.32. The van der Waals surface area contributed by atoms with Crippen LogP contribution in [0.25, 0.3) is 0 Å². The molecule has 1 heterocycles. The van der Waals surface area contributed by atoms with Gasteiger partial charge < -0.3 is 5.32 Å². The predicted octanol–water partition coefficient (Wildman–Crippen LogP) is 2.77. The molecule has 0 saturated carbocycles. The number of anilines is 1. The molecule has 148 valence electrons. The summed E-state index contributed by atoms with van der Waals surface area (Å²) in [4.78, 5) is 22.5. The number of carbonyl (C=O) groups excluding carboxylic acids is 1. The third-order valence-electron chi connectivity index (χ3n) is 4.62. The molecule has 2 aromatic carbocycles. The minimum Gasteiger partial charge on any atom is -0.326 e. The molecular formula is C18H18FN3O5S. The fourth-order valence-electron chi connectivity index (χ4n) is 3.02. The minimum atomic E-state index is -3.73. The minimum absolute atomic E-state index is 0.0164. The molecule has 2 aromatic rings. The zero-order valence-corrected chi connectivity index (χ0v) is 15.6. The Hall–Kier alpha value is -2.85. The Morgan fingerprint density at radius 3 is 2.18 bits per heavy atom. The number of rotatable bonds is 5. The lowest BCUT2D eigenvalue weighted by atomic mass is 9.97. The molecule has 28 heavy (non-hydrogen) atoms. The molecule has 1 aliphatic heterocycles. The van der Waals surface area contributed by atoms with Crippen molar-refractivity contribution in [1.82, 2.24) is 4.31 Å². The lowest BCUT2D eigenvalue weighted by Crippen LogP contribution is -2.41. The number of piperidine rings is 1. The van der Waals surface area contributed by atoms with Gasteiger partial charge in [-0.15, -0.1) is 0 Å². The molecule has 1 amide bonds. The maximum Gasteiger partial charge on any atom is 0.269 e. The second-order valence-corrected chi connectivity index (χ2v) is 8.36. The molecule has 0 bridgehead atoms. The van der Waals surface area contributed by atoms with Gasteiger partial charge in [0.25, 0.3) is 5.69 Å². The van der Waals surface area contributed by atoms with E-state index in [9.17, 15) is 27.7 Å². The molecule has 1 aliphatic rings. The first-order chi connectivity index (χ1) is 13.3. The zero-order chi connectivity index (χ0) is 20.3. The SMILES string of the molecule is O=C(Nc1ccc([N+](=O)[O-])cc1)C1CCN(S(=O)(=O)c2ccc(F)cc2)CC1. The van der Waals surface area contributed by atoms with E-state index in [0.29, 0.717) is 18.5 Å². The average molecular weight is 407 g/mol. The lowest BCUT2D eigenvalue weighted by Gasteiger charge is -2.30. The van der Waals surface area contributed by atoms with Crippen LogP contribution in [0, 0.1) is 21.8 Å². The number of nitro groups is 1. The van der Waals surface area contributed by atoms with E-state index in [2.05, 4.69) is 5.32 Å². The molecule has 1 N–H and O–H groups in total. The van der Waals surface area contributed by atoms with Crippen molar-refractivity contribution in [3.8, 4) is 0 Å². The maximum absolute atomic E-state index is 13.0. The molecule has 0 unspecified atom stereocenters. The van der Waals surface area contributed by atoms with Crippen molar-refractivity contribution in [2.75, 3.05) is 18.4 Å². The van der Waals surface area contributed by atoms with Crippen LogP contribution < -0.4 is 5.32 Å². The summed E-state index contributed by atoms with van der Waals surface area (Å²) in [6.07, 6.45) is 0.693. The fourth-order valence-corrected chi connectivity index (χ4v) is 4.49. The van der Waals surface area contributed by atoms with E-state index in [1.807, 2.05) is 0 Å². The summed E-state index contributed by atoms with van der Waals surface area (Å²) in [5.74, 6) is -1.14. The average Bonchev–Trinajstić information content (AvgIpc) is 2.69. The van der Waals surface area contributed by atoms with Crippen LogP contribution in [-0.4, -0.2) is 36.6 Å². The van der Waals surface area contributed by atoms with Gasteiger partial charge in [0, 0.05) is 36.8 Å². The summed E-state index contributed by atoms with van der Waals surface area (Å²) < 4.78 is 39.5. The zero-order valence-electron chi connectivity index (χ0n) is 14.7. The smallest absolute Gasteiger partial charge is 0.269 e. The summed E-state index contributed by atoms with van der Waals surface area (Å²) in [6.45, 7) is 0.357. The number of nitro benzene ring substituents is 1. The fraction of sp³-hybridized carbons (Fsp3) is 0.278. The van der Waals surface area contributed by atoms with Crippen molar-refractivity contribution >= 4 is 27.3 Å². The van der Waals surface area contributed by atoms with Gasteiger partial charge in [0.2, 0.25) is 15.9 Å². The Kier molecular flexibility index (Phi) is 5.71. The first-order valence-corrected chi connectivity index (χ1v) is 10.0. The molecule has 0 aromatic heterocycles. The molecule has 0 spiro atoms. The second-order valence-electron chi connectivity index (χ2n) is 6.43. The standard InChI is InChI=1S/C18H18FN3O5S/c19-14-1-7-17(8-2-14)28(26,27)21-11-9-13(10-12-21)18(23)20-15-3-5-16(6-4-15)22(24)25/h1-8,13H,9-12H2,(H,20,23). The van der Waals surface area contributed by atoms with Crippen LogP contribution in [0.5, 0.6) is 0 Å². The summed E-state index contributed by atoms with van der Waals surface area (Å²) in [6, 6.07) is 10.1. The van der Waals surface area contributed by atoms with Crippen LogP contribution in [0.1, 0.15) is 12.8 Å². The molecular weight excluding hydrogens is 389 g/mol. The summed E-state index contributed by atoms with van der Waals surface area (Å²) in [7, 11) is -3.73. The largest absolute Gasteiger partial charge is 0.326 e. The Morgan fingerprint density at radius 1 is 1.07 bits per heavy atom. The van der Waals surface area contributed by atoms with Crippen LogP contribution in [-0.2, 0) is 14.8 Å². The highest BCUT2D eigenvalue weighted by Crippen LogP contribution is 2.25. The van der Waals surface area contributed by atoms with Crippen LogP contribution in [0.2, 0.25) is 0 Å². The van der Waals surface area contributed by atoms with Crippen LogP contribution in [0.3, 0.4) is 0 Å². The Balaban J connectivity index is 1.59. The number of hydrogen-bond acceptors (Lipinski definition) is 5. The van der Waals surface area contributed by atoms with Crippen molar-refractivity contribution in [1.29, 1.82) is 0 Å². The number of non-ortho nitro benzene ring substituents is 1. The van der Waals surface area contributed by atoms with E-state index >= 15 is 0 Å². The van der Waals surface area contributed by atoms with Crippen molar-refractivity contribution < 1.29 is 22.5 Å². The molecule has 0 aliphatic carbocycles. The van der Waals surface area contributed by atoms with Gasteiger partial charge >= 0.3 is 0 Å². The highest BCUT2D eigenvalue weighted by molar-refractivity contribution is 7.89. The number of nitrogens with one attached hydrogen (secondary N) is 1. The Bertz CT molecular complexity index is 969. The first-order valence-electron chi connectivity index (χ1n) is 8.58. The predicted molar refractivity (Wildman–Crippen MR) is 99.6 cm³/mol. The van der Waals surface area contributed by atoms with Crippen molar-refractivity contribution in [3.05, 3.63) is 64.5 Å². The van der Waals surface area contributed by atoms with Crippen LogP contribution in [0.4, 0.5) is 15.8 Å². The number of carbonyl (C=O) groups is 1. The van der Waals surface area contributed by atoms with Crippen LogP contribution >= 0.6 is 0 Å². The monoisotopic (exact) mass is 407 g/mol. The van der Waals surface area contributed by atoms with Gasteiger partial charge in [0.15, 0.2) is 0 Å². The van der Waals surface area contributed by atoms with Gasteiger partial charge in [-0.05, 0) is 49.2 Å². The topological polar surface area (TPSA) is 110 Å². The number of amides is 1. The lowest BCUT2D eigenvalue weighted by molar-refractivity contribution is -0.384. The number of halogens is 1. The van der Waals surface area contributed by atoms with Crippen LogP contribution in [0.15, 0.2) is 53.4 Å². The first kappa shape index (κ1) is 19.9. The van der Waals surface area contributed by atoms with Gasteiger partial charge in [-0.3, -0.25) is 14.9 Å². The van der Waals surface area contributed by atoms with Gasteiger partial charge in [-0.25, -0.2) is 12.8 Å². The quantitative estimate of drug-likeness (QED) is 0.605. The van der Waals surface area contributed by atoms with Gasteiger partial charge in [-0.1, -0.05) is 0 Å². The van der Waals surface area contributed by atoms with Crippen molar-refractivity contribution in [3.63, 3.8) is 0 Å². The third-order valence-corrected chi connectivity index (χ3v) is 6.53. The normalized spacial score (nSPS) is 15.9. The molecule has 0 atom stereocenters. The highest BCUT2D eigenvalue weighted by atomic mass is 32.2. The van der Waals surface area contributed by atoms with Gasteiger partial charge in [0.1, 0.15) is 5.82 Å². The summed E-state index contributed by atoms with van der Waals surface area (Å²) in [5, 5.41) is 13.4. The second kappa shape index (κ2) is 8.03. The van der Waals surface area contributed by atoms with E-state index in [4.69, 9.17) is 0 Å². The van der Waals surface area contributed by atoms with Crippen molar-refractivity contribution in [2.24, 2.45) is 5.92 Å². The molecule has 1 saturated heterocycles. The summed E-state index contributed by atoms with van der Waals surface area (Å²) in [5.41, 5.74) is 0.370. The van der Waals surface area contributed by atoms with Crippen molar-refractivity contribution in [2.45, 2.75) is 17.7 Å². The summed E-state index contributed by atoms with van der Waals surface area (Å²) >= 11 is 0. The number of benzene rings is 2. The molecule has 1 fully saturated rings. The number of hydrogen-bond donors (Lipinski definition) is 1.